The molecule has 1 aliphatic rings. The van der Waals surface area contributed by atoms with Crippen LogP contribution in [0.4, 0.5) is 4.79 Å². The molecule has 0 unspecified atom stereocenters. The second-order valence-electron chi connectivity index (χ2n) is 5.72. The first-order chi connectivity index (χ1) is 12.0. The SMILES string of the molecule is COc1ccc(CCN2C(=O)N[C@@H](CC(=O)NCCCO)C2=O)cc1. The standard InChI is InChI=1S/C17H23N3O5/c1-25-13-5-3-12(4-6-13)7-9-20-16(23)14(19-17(20)24)11-15(22)18-8-2-10-21/h3-6,14,21H,2,7-11H2,1H3,(H,18,22)(H,19,24)/t14-/m0/s1. The van der Waals surface area contributed by atoms with Gasteiger partial charge in [0.1, 0.15) is 11.8 Å². The zero-order valence-electron chi connectivity index (χ0n) is 14.2. The van der Waals surface area contributed by atoms with Crippen LogP contribution in [-0.2, 0) is 16.0 Å². The quantitative estimate of drug-likeness (QED) is 0.431. The van der Waals surface area contributed by atoms with E-state index >= 15 is 0 Å². The van der Waals surface area contributed by atoms with Gasteiger partial charge in [0.2, 0.25) is 5.91 Å². The summed E-state index contributed by atoms with van der Waals surface area (Å²) in [6, 6.07) is 6.08. The minimum atomic E-state index is -0.836. The molecule has 1 aromatic rings. The number of aliphatic hydroxyl groups is 1. The Bertz CT molecular complexity index is 617. The van der Waals surface area contributed by atoms with Crippen molar-refractivity contribution in [1.82, 2.24) is 15.5 Å². The third kappa shape index (κ3) is 5.18. The van der Waals surface area contributed by atoms with Crippen LogP contribution >= 0.6 is 0 Å². The fourth-order valence-electron chi connectivity index (χ4n) is 2.52. The maximum Gasteiger partial charge on any atom is 0.324 e. The highest BCUT2D eigenvalue weighted by molar-refractivity contribution is 6.05. The monoisotopic (exact) mass is 349 g/mol. The van der Waals surface area contributed by atoms with Crippen LogP contribution in [0.15, 0.2) is 24.3 Å². The molecule has 3 N–H and O–H groups in total. The van der Waals surface area contributed by atoms with Crippen molar-refractivity contribution in [2.24, 2.45) is 0 Å². The molecule has 136 valence electrons. The van der Waals surface area contributed by atoms with E-state index in [4.69, 9.17) is 9.84 Å². The van der Waals surface area contributed by atoms with E-state index in [1.54, 1.807) is 7.11 Å². The minimum Gasteiger partial charge on any atom is -0.497 e. The summed E-state index contributed by atoms with van der Waals surface area (Å²) in [5.74, 6) is 0.0194. The Balaban J connectivity index is 1.84. The summed E-state index contributed by atoms with van der Waals surface area (Å²) in [5.41, 5.74) is 0.978. The minimum absolute atomic E-state index is 0.0154. The molecule has 1 saturated heterocycles. The summed E-state index contributed by atoms with van der Waals surface area (Å²) >= 11 is 0. The molecule has 25 heavy (non-hydrogen) atoms. The van der Waals surface area contributed by atoms with Crippen molar-refractivity contribution in [3.8, 4) is 5.75 Å². The van der Waals surface area contributed by atoms with Gasteiger partial charge in [0.05, 0.1) is 13.5 Å². The Labute approximate surface area is 146 Å². The van der Waals surface area contributed by atoms with Gasteiger partial charge in [-0.05, 0) is 30.5 Å². The van der Waals surface area contributed by atoms with Crippen LogP contribution < -0.4 is 15.4 Å². The van der Waals surface area contributed by atoms with Gasteiger partial charge in [-0.15, -0.1) is 0 Å². The number of nitrogens with one attached hydrogen (secondary N) is 2. The lowest BCUT2D eigenvalue weighted by Gasteiger charge is -2.13. The molecule has 1 atom stereocenters. The lowest BCUT2D eigenvalue weighted by atomic mass is 10.1. The van der Waals surface area contributed by atoms with E-state index in [9.17, 15) is 14.4 Å². The highest BCUT2D eigenvalue weighted by atomic mass is 16.5. The van der Waals surface area contributed by atoms with Crippen molar-refractivity contribution in [1.29, 1.82) is 0 Å². The number of nitrogens with zero attached hydrogens (tertiary/aromatic N) is 1. The van der Waals surface area contributed by atoms with Gasteiger partial charge in [-0.3, -0.25) is 14.5 Å². The van der Waals surface area contributed by atoms with E-state index in [0.717, 1.165) is 16.2 Å². The molecule has 0 saturated carbocycles. The molecular formula is C17H23N3O5. The van der Waals surface area contributed by atoms with E-state index in [-0.39, 0.29) is 25.5 Å². The van der Waals surface area contributed by atoms with Crippen molar-refractivity contribution < 1.29 is 24.2 Å². The summed E-state index contributed by atoms with van der Waals surface area (Å²) in [6.07, 6.45) is 0.873. The number of benzene rings is 1. The van der Waals surface area contributed by atoms with Crippen LogP contribution in [0.1, 0.15) is 18.4 Å². The zero-order valence-corrected chi connectivity index (χ0v) is 14.2. The van der Waals surface area contributed by atoms with E-state index < -0.39 is 18.0 Å². The number of carbonyl (C=O) groups excluding carboxylic acids is 3. The molecule has 0 spiro atoms. The normalized spacial score (nSPS) is 16.7. The van der Waals surface area contributed by atoms with Crippen LogP contribution in [0.2, 0.25) is 0 Å². The molecule has 2 rings (SSSR count). The average Bonchev–Trinajstić information content (AvgIpc) is 2.87. The highest BCUT2D eigenvalue weighted by Crippen LogP contribution is 2.14. The summed E-state index contributed by atoms with van der Waals surface area (Å²) in [4.78, 5) is 37.2. The Hall–Kier alpha value is -2.61. The predicted octanol–water partition coefficient (Wildman–Crippen LogP) is 0.0468. The van der Waals surface area contributed by atoms with Crippen molar-refractivity contribution in [2.75, 3.05) is 26.8 Å². The number of urea groups is 1. The van der Waals surface area contributed by atoms with Gasteiger partial charge in [-0.2, -0.15) is 0 Å². The fourth-order valence-corrected chi connectivity index (χ4v) is 2.52. The molecule has 1 heterocycles. The number of carbonyl (C=O) groups is 3. The molecule has 4 amide bonds. The van der Waals surface area contributed by atoms with Crippen LogP contribution in [0.3, 0.4) is 0 Å². The first-order valence-corrected chi connectivity index (χ1v) is 8.17. The third-order valence-electron chi connectivity index (χ3n) is 3.94. The fraction of sp³-hybridized carbons (Fsp3) is 0.471. The molecular weight excluding hydrogens is 326 g/mol. The van der Waals surface area contributed by atoms with Gasteiger partial charge < -0.3 is 20.5 Å². The number of hydrogen-bond acceptors (Lipinski definition) is 5. The third-order valence-corrected chi connectivity index (χ3v) is 3.94. The first-order valence-electron chi connectivity index (χ1n) is 8.17. The van der Waals surface area contributed by atoms with Crippen molar-refractivity contribution in [3.63, 3.8) is 0 Å². The lowest BCUT2D eigenvalue weighted by Crippen LogP contribution is -2.37. The lowest BCUT2D eigenvalue weighted by molar-refractivity contribution is -0.130. The maximum atomic E-state index is 12.3. The predicted molar refractivity (Wildman–Crippen MR) is 90.1 cm³/mol. The topological polar surface area (TPSA) is 108 Å². The van der Waals surface area contributed by atoms with Crippen molar-refractivity contribution in [2.45, 2.75) is 25.3 Å². The maximum absolute atomic E-state index is 12.3. The van der Waals surface area contributed by atoms with E-state index in [2.05, 4.69) is 10.6 Å². The largest absolute Gasteiger partial charge is 0.497 e. The van der Waals surface area contributed by atoms with Gasteiger partial charge in [-0.1, -0.05) is 12.1 Å². The average molecular weight is 349 g/mol. The van der Waals surface area contributed by atoms with Gasteiger partial charge in [0, 0.05) is 19.7 Å². The number of amides is 4. The van der Waals surface area contributed by atoms with Crippen LogP contribution in [0.25, 0.3) is 0 Å². The Kier molecular flexibility index (Phi) is 6.76. The number of rotatable bonds is 9. The number of aliphatic hydroxyl groups excluding tert-OH is 1. The molecule has 0 radical (unpaired) electrons. The number of ether oxygens (including phenoxy) is 1. The first kappa shape index (κ1) is 18.7. The Morgan fingerprint density at radius 2 is 2.04 bits per heavy atom. The van der Waals surface area contributed by atoms with Crippen molar-refractivity contribution in [3.05, 3.63) is 29.8 Å². The summed E-state index contributed by atoms with van der Waals surface area (Å²) in [5, 5.41) is 13.8. The van der Waals surface area contributed by atoms with Gasteiger partial charge in [-0.25, -0.2) is 4.79 Å². The molecule has 1 fully saturated rings. The summed E-state index contributed by atoms with van der Waals surface area (Å²) < 4.78 is 5.09. The van der Waals surface area contributed by atoms with Crippen LogP contribution in [-0.4, -0.2) is 60.7 Å². The van der Waals surface area contributed by atoms with Crippen LogP contribution in [0, 0.1) is 0 Å². The molecule has 1 aromatic carbocycles. The van der Waals surface area contributed by atoms with Gasteiger partial charge in [0.25, 0.3) is 5.91 Å². The molecule has 8 heteroatoms. The molecule has 8 nitrogen and oxygen atoms in total. The molecule has 0 aliphatic carbocycles. The second kappa shape index (κ2) is 9.03. The number of methoxy groups -OCH3 is 1. The zero-order chi connectivity index (χ0) is 18.2. The van der Waals surface area contributed by atoms with E-state index in [1.165, 1.54) is 0 Å². The molecule has 0 aromatic heterocycles. The molecule has 1 aliphatic heterocycles. The summed E-state index contributed by atoms with van der Waals surface area (Å²) in [7, 11) is 1.59. The highest BCUT2D eigenvalue weighted by Gasteiger charge is 2.38. The van der Waals surface area contributed by atoms with Crippen molar-refractivity contribution >= 4 is 17.8 Å². The Morgan fingerprint density at radius 3 is 2.68 bits per heavy atom. The van der Waals surface area contributed by atoms with Gasteiger partial charge >= 0.3 is 6.03 Å². The second-order valence-corrected chi connectivity index (χ2v) is 5.72. The molecule has 0 bridgehead atoms. The van der Waals surface area contributed by atoms with E-state index in [0.29, 0.717) is 19.4 Å². The smallest absolute Gasteiger partial charge is 0.324 e. The van der Waals surface area contributed by atoms with Crippen LogP contribution in [0.5, 0.6) is 5.75 Å². The van der Waals surface area contributed by atoms with Gasteiger partial charge in [0.15, 0.2) is 0 Å². The number of imide groups is 1. The summed E-state index contributed by atoms with van der Waals surface area (Å²) in [6.45, 7) is 0.573. The number of hydrogen-bond donors (Lipinski definition) is 3. The Morgan fingerprint density at radius 1 is 1.32 bits per heavy atom. The van der Waals surface area contributed by atoms with E-state index in [1.807, 2.05) is 24.3 Å².